The number of rotatable bonds is 2. The zero-order valence-electron chi connectivity index (χ0n) is 8.31. The van der Waals surface area contributed by atoms with Gasteiger partial charge in [-0.2, -0.15) is 0 Å². The van der Waals surface area contributed by atoms with Crippen molar-refractivity contribution in [1.29, 1.82) is 0 Å². The zero-order chi connectivity index (χ0) is 10.8. The highest BCUT2D eigenvalue weighted by Crippen LogP contribution is 2.24. The SMILES string of the molecule is CCn1cnnc1-c1cc(N)cc(Cl)c1. The first-order chi connectivity index (χ1) is 7.20. The van der Waals surface area contributed by atoms with E-state index in [1.54, 1.807) is 12.4 Å². The van der Waals surface area contributed by atoms with Crippen LogP contribution in [0.15, 0.2) is 24.5 Å². The Kier molecular flexibility index (Phi) is 2.60. The molecule has 0 bridgehead atoms. The van der Waals surface area contributed by atoms with Crippen LogP contribution in [0.25, 0.3) is 11.4 Å². The molecular formula is C10H11ClN4. The van der Waals surface area contributed by atoms with E-state index in [0.717, 1.165) is 17.9 Å². The fourth-order valence-electron chi connectivity index (χ4n) is 1.45. The number of nitrogen functional groups attached to an aromatic ring is 1. The van der Waals surface area contributed by atoms with Crippen LogP contribution in [0.5, 0.6) is 0 Å². The van der Waals surface area contributed by atoms with Crippen LogP contribution in [-0.4, -0.2) is 14.8 Å². The normalized spacial score (nSPS) is 10.5. The Hall–Kier alpha value is -1.55. The Balaban J connectivity index is 2.53. The van der Waals surface area contributed by atoms with Gasteiger partial charge in [0.2, 0.25) is 0 Å². The summed E-state index contributed by atoms with van der Waals surface area (Å²) in [4.78, 5) is 0. The van der Waals surface area contributed by atoms with Gasteiger partial charge in [0.1, 0.15) is 6.33 Å². The summed E-state index contributed by atoms with van der Waals surface area (Å²) in [5.74, 6) is 0.784. The average Bonchev–Trinajstić information content (AvgIpc) is 2.63. The molecule has 2 aromatic rings. The van der Waals surface area contributed by atoms with Crippen LogP contribution in [0.3, 0.4) is 0 Å². The Morgan fingerprint density at radius 1 is 1.40 bits per heavy atom. The first kappa shape index (κ1) is 9.98. The van der Waals surface area contributed by atoms with Crippen LogP contribution in [0.2, 0.25) is 5.02 Å². The van der Waals surface area contributed by atoms with E-state index in [2.05, 4.69) is 10.2 Å². The largest absolute Gasteiger partial charge is 0.399 e. The fourth-order valence-corrected chi connectivity index (χ4v) is 1.69. The molecule has 15 heavy (non-hydrogen) atoms. The van der Waals surface area contributed by atoms with Crippen LogP contribution in [-0.2, 0) is 6.54 Å². The minimum Gasteiger partial charge on any atom is -0.399 e. The number of halogens is 1. The van der Waals surface area contributed by atoms with Gasteiger partial charge in [-0.25, -0.2) is 0 Å². The molecular weight excluding hydrogens is 212 g/mol. The van der Waals surface area contributed by atoms with Crippen molar-refractivity contribution in [2.24, 2.45) is 0 Å². The smallest absolute Gasteiger partial charge is 0.163 e. The molecule has 0 aliphatic heterocycles. The number of aromatic nitrogens is 3. The molecule has 5 heteroatoms. The van der Waals surface area contributed by atoms with Gasteiger partial charge in [-0.3, -0.25) is 0 Å². The third kappa shape index (κ3) is 1.94. The van der Waals surface area contributed by atoms with Crippen molar-refractivity contribution >= 4 is 17.3 Å². The Bertz CT molecular complexity index is 458. The lowest BCUT2D eigenvalue weighted by atomic mass is 10.2. The molecule has 0 aliphatic carbocycles. The van der Waals surface area contributed by atoms with Gasteiger partial charge in [-0.1, -0.05) is 11.6 Å². The molecule has 0 amide bonds. The second-order valence-corrected chi connectivity index (χ2v) is 3.65. The lowest BCUT2D eigenvalue weighted by molar-refractivity contribution is 0.767. The standard InChI is InChI=1S/C10H11ClN4/c1-2-15-6-13-14-10(15)7-3-8(11)5-9(12)4-7/h3-6H,2,12H2,1H3. The van der Waals surface area contributed by atoms with Crippen LogP contribution in [0.4, 0.5) is 5.69 Å². The summed E-state index contributed by atoms with van der Waals surface area (Å²) in [7, 11) is 0. The summed E-state index contributed by atoms with van der Waals surface area (Å²) in [6, 6.07) is 5.37. The van der Waals surface area contributed by atoms with E-state index in [-0.39, 0.29) is 0 Å². The van der Waals surface area contributed by atoms with Gasteiger partial charge in [0.25, 0.3) is 0 Å². The van der Waals surface area contributed by atoms with E-state index >= 15 is 0 Å². The molecule has 1 aromatic carbocycles. The first-order valence-electron chi connectivity index (χ1n) is 4.65. The Labute approximate surface area is 92.7 Å². The summed E-state index contributed by atoms with van der Waals surface area (Å²) in [6.07, 6.45) is 1.69. The summed E-state index contributed by atoms with van der Waals surface area (Å²) in [5.41, 5.74) is 7.23. The van der Waals surface area contributed by atoms with Gasteiger partial charge in [0, 0.05) is 22.8 Å². The maximum Gasteiger partial charge on any atom is 0.163 e. The van der Waals surface area contributed by atoms with Crippen molar-refractivity contribution in [2.75, 3.05) is 5.73 Å². The number of benzene rings is 1. The van der Waals surface area contributed by atoms with Gasteiger partial charge in [-0.05, 0) is 25.1 Å². The third-order valence-corrected chi connectivity index (χ3v) is 2.35. The number of nitrogens with two attached hydrogens (primary N) is 1. The maximum absolute atomic E-state index is 5.93. The Morgan fingerprint density at radius 2 is 2.20 bits per heavy atom. The highest BCUT2D eigenvalue weighted by atomic mass is 35.5. The predicted molar refractivity (Wildman–Crippen MR) is 60.6 cm³/mol. The number of aryl methyl sites for hydroxylation is 1. The monoisotopic (exact) mass is 222 g/mol. The van der Waals surface area contributed by atoms with Gasteiger partial charge >= 0.3 is 0 Å². The summed E-state index contributed by atoms with van der Waals surface area (Å²) >= 11 is 5.93. The molecule has 0 saturated heterocycles. The molecule has 0 unspecified atom stereocenters. The predicted octanol–water partition coefficient (Wildman–Crippen LogP) is 2.20. The van der Waals surface area contributed by atoms with Crippen molar-refractivity contribution in [1.82, 2.24) is 14.8 Å². The topological polar surface area (TPSA) is 56.7 Å². The lowest BCUT2D eigenvalue weighted by Crippen LogP contribution is -1.96. The van der Waals surface area contributed by atoms with Gasteiger partial charge < -0.3 is 10.3 Å². The lowest BCUT2D eigenvalue weighted by Gasteiger charge is -2.04. The van der Waals surface area contributed by atoms with Crippen LogP contribution in [0.1, 0.15) is 6.92 Å². The molecule has 2 rings (SSSR count). The molecule has 0 fully saturated rings. The zero-order valence-corrected chi connectivity index (χ0v) is 9.07. The molecule has 0 atom stereocenters. The molecule has 2 N–H and O–H groups in total. The van der Waals surface area contributed by atoms with E-state index in [1.807, 2.05) is 23.6 Å². The minimum absolute atomic E-state index is 0.607. The molecule has 0 saturated carbocycles. The molecule has 1 aromatic heterocycles. The van der Waals surface area contributed by atoms with Crippen molar-refractivity contribution in [3.05, 3.63) is 29.5 Å². The van der Waals surface area contributed by atoms with E-state index in [1.165, 1.54) is 0 Å². The second-order valence-electron chi connectivity index (χ2n) is 3.21. The number of anilines is 1. The molecule has 0 aliphatic rings. The van der Waals surface area contributed by atoms with E-state index < -0.39 is 0 Å². The van der Waals surface area contributed by atoms with Crippen LogP contribution >= 0.6 is 11.6 Å². The number of hydrogen-bond acceptors (Lipinski definition) is 3. The molecule has 0 radical (unpaired) electrons. The molecule has 78 valence electrons. The number of nitrogens with zero attached hydrogens (tertiary/aromatic N) is 3. The van der Waals surface area contributed by atoms with Crippen molar-refractivity contribution in [2.45, 2.75) is 13.5 Å². The Morgan fingerprint density at radius 3 is 2.87 bits per heavy atom. The van der Waals surface area contributed by atoms with E-state index in [9.17, 15) is 0 Å². The molecule has 4 nitrogen and oxygen atoms in total. The van der Waals surface area contributed by atoms with Crippen LogP contribution in [0, 0.1) is 0 Å². The van der Waals surface area contributed by atoms with E-state index in [4.69, 9.17) is 17.3 Å². The van der Waals surface area contributed by atoms with Crippen LogP contribution < -0.4 is 5.73 Å². The highest BCUT2D eigenvalue weighted by molar-refractivity contribution is 6.31. The maximum atomic E-state index is 5.93. The van der Waals surface area contributed by atoms with Gasteiger partial charge in [0.05, 0.1) is 0 Å². The van der Waals surface area contributed by atoms with Gasteiger partial charge in [0.15, 0.2) is 5.82 Å². The van der Waals surface area contributed by atoms with Crippen molar-refractivity contribution in [3.63, 3.8) is 0 Å². The minimum atomic E-state index is 0.607. The fraction of sp³-hybridized carbons (Fsp3) is 0.200. The van der Waals surface area contributed by atoms with Gasteiger partial charge in [-0.15, -0.1) is 10.2 Å². The highest BCUT2D eigenvalue weighted by Gasteiger charge is 2.07. The first-order valence-corrected chi connectivity index (χ1v) is 5.02. The van der Waals surface area contributed by atoms with E-state index in [0.29, 0.717) is 10.7 Å². The molecule has 0 spiro atoms. The molecule has 1 heterocycles. The van der Waals surface area contributed by atoms with Crippen molar-refractivity contribution < 1.29 is 0 Å². The average molecular weight is 223 g/mol. The quantitative estimate of drug-likeness (QED) is 0.793. The second kappa shape index (κ2) is 3.90. The number of hydrogen-bond donors (Lipinski definition) is 1. The summed E-state index contributed by atoms with van der Waals surface area (Å²) in [6.45, 7) is 2.84. The third-order valence-electron chi connectivity index (χ3n) is 2.13. The summed E-state index contributed by atoms with van der Waals surface area (Å²) in [5, 5.41) is 8.50. The van der Waals surface area contributed by atoms with Crippen molar-refractivity contribution in [3.8, 4) is 11.4 Å². The summed E-state index contributed by atoms with van der Waals surface area (Å²) < 4.78 is 1.94.